The van der Waals surface area contributed by atoms with E-state index in [4.69, 9.17) is 32.7 Å². The predicted octanol–water partition coefficient (Wildman–Crippen LogP) is 10.8. The first-order valence-electron chi connectivity index (χ1n) is 20.3. The molecule has 2 aliphatic heterocycles. The maximum atomic E-state index is 13.2. The zero-order valence-corrected chi connectivity index (χ0v) is 33.7. The maximum absolute atomic E-state index is 13.2. The molecule has 1 atom stereocenters. The van der Waals surface area contributed by atoms with E-state index < -0.39 is 6.23 Å². The lowest BCUT2D eigenvalue weighted by Crippen LogP contribution is -2.46. The Morgan fingerprint density at radius 2 is 1.48 bits per heavy atom. The molecule has 0 aromatic heterocycles. The third-order valence-corrected chi connectivity index (χ3v) is 11.3. The number of amides is 2. The van der Waals surface area contributed by atoms with Gasteiger partial charge in [0.05, 0.1) is 28.0 Å². The minimum Gasteiger partial charge on any atom is -0.494 e. The number of nitrogens with zero attached hydrogens (tertiary/aromatic N) is 4. The normalized spacial score (nSPS) is 15.4. The van der Waals surface area contributed by atoms with Crippen molar-refractivity contribution >= 4 is 46.6 Å². The number of carbonyl (C=O) groups is 2. The monoisotopic (exact) mass is 758 g/mol. The number of benzene rings is 2. The Hall–Kier alpha value is -2.68. The first-order chi connectivity index (χ1) is 25.3. The van der Waals surface area contributed by atoms with E-state index in [-0.39, 0.29) is 12.0 Å². The Morgan fingerprint density at radius 1 is 0.808 bits per heavy atom. The number of anilines is 2. The second-order valence-corrected chi connectivity index (χ2v) is 15.2. The molecular weight excluding hydrogens is 695 g/mol. The van der Waals surface area contributed by atoms with Gasteiger partial charge in [-0.3, -0.25) is 14.6 Å². The van der Waals surface area contributed by atoms with E-state index >= 15 is 0 Å². The molecule has 1 saturated heterocycles. The number of ether oxygens (including phenoxy) is 2. The minimum atomic E-state index is -0.708. The third kappa shape index (κ3) is 13.3. The number of rotatable bonds is 23. The van der Waals surface area contributed by atoms with Crippen LogP contribution in [0.5, 0.6) is 5.75 Å². The largest absolute Gasteiger partial charge is 0.494 e. The lowest BCUT2D eigenvalue weighted by molar-refractivity contribution is -0.120. The van der Waals surface area contributed by atoms with Crippen molar-refractivity contribution in [1.29, 1.82) is 0 Å². The summed E-state index contributed by atoms with van der Waals surface area (Å²) in [5, 5.41) is 1.22. The van der Waals surface area contributed by atoms with Crippen LogP contribution in [0.25, 0.3) is 0 Å². The number of fused-ring (bicyclic) bond motifs is 1. The number of aryl methyl sites for hydroxylation is 1. The zero-order chi connectivity index (χ0) is 37.1. The molecule has 4 rings (SSSR count). The van der Waals surface area contributed by atoms with Crippen molar-refractivity contribution in [1.82, 2.24) is 9.80 Å². The number of hydrogen-bond donors (Lipinski definition) is 0. The van der Waals surface area contributed by atoms with Crippen molar-refractivity contribution in [3.05, 3.63) is 52.0 Å². The number of piperazine rings is 1. The summed E-state index contributed by atoms with van der Waals surface area (Å²) < 4.78 is 12.1. The molecule has 0 spiro atoms. The standard InChI is InChI=1S/C42H64Cl2N4O4/c1-4-6-7-8-9-10-11-12-13-14-15-16-27-46(5-2)42(50)52-34(3)48-39-33-36(24-22-35(39)23-25-40(48)49)51-32-18-17-26-45-28-30-47(31-29-45)38-21-19-20-37(43)41(38)44/h19-22,24,33-34H,4-18,23,25-32H2,1-3H3. The summed E-state index contributed by atoms with van der Waals surface area (Å²) in [6.45, 7) is 12.7. The smallest absolute Gasteiger partial charge is 0.411 e. The molecule has 2 aliphatic rings. The lowest BCUT2D eigenvalue weighted by Gasteiger charge is -2.36. The molecule has 2 heterocycles. The van der Waals surface area contributed by atoms with Gasteiger partial charge in [0.25, 0.3) is 0 Å². The van der Waals surface area contributed by atoms with Gasteiger partial charge in [0.2, 0.25) is 5.91 Å². The van der Waals surface area contributed by atoms with Gasteiger partial charge in [0, 0.05) is 51.8 Å². The molecule has 2 amide bonds. The molecule has 0 saturated carbocycles. The summed E-state index contributed by atoms with van der Waals surface area (Å²) in [6, 6.07) is 11.8. The average Bonchev–Trinajstić information content (AvgIpc) is 3.14. The molecule has 2 aromatic carbocycles. The van der Waals surface area contributed by atoms with Crippen LogP contribution in [0.1, 0.15) is 123 Å². The van der Waals surface area contributed by atoms with E-state index in [0.717, 1.165) is 81.1 Å². The summed E-state index contributed by atoms with van der Waals surface area (Å²) >= 11 is 12.7. The first-order valence-corrected chi connectivity index (χ1v) is 21.0. The highest BCUT2D eigenvalue weighted by Crippen LogP contribution is 2.34. The fourth-order valence-electron chi connectivity index (χ4n) is 7.34. The van der Waals surface area contributed by atoms with E-state index in [9.17, 15) is 9.59 Å². The van der Waals surface area contributed by atoms with Crippen molar-refractivity contribution in [2.24, 2.45) is 0 Å². The molecule has 0 radical (unpaired) electrons. The molecule has 2 aromatic rings. The van der Waals surface area contributed by atoms with Gasteiger partial charge in [-0.15, -0.1) is 0 Å². The Balaban J connectivity index is 1.14. The molecule has 0 bridgehead atoms. The Bertz CT molecular complexity index is 1370. The summed E-state index contributed by atoms with van der Waals surface area (Å²) in [4.78, 5) is 34.6. The van der Waals surface area contributed by atoms with E-state index in [2.05, 4.69) is 16.7 Å². The van der Waals surface area contributed by atoms with Crippen LogP contribution < -0.4 is 14.5 Å². The van der Waals surface area contributed by atoms with Gasteiger partial charge in [-0.05, 0) is 69.8 Å². The minimum absolute atomic E-state index is 0.0355. The van der Waals surface area contributed by atoms with Gasteiger partial charge < -0.3 is 19.3 Å². The van der Waals surface area contributed by atoms with Gasteiger partial charge in [-0.2, -0.15) is 0 Å². The van der Waals surface area contributed by atoms with Crippen LogP contribution >= 0.6 is 23.2 Å². The molecule has 8 nitrogen and oxygen atoms in total. The fourth-order valence-corrected chi connectivity index (χ4v) is 7.75. The first kappa shape index (κ1) is 42.1. The zero-order valence-electron chi connectivity index (χ0n) is 32.2. The number of halogens is 2. The van der Waals surface area contributed by atoms with Gasteiger partial charge in [-0.25, -0.2) is 4.79 Å². The molecule has 0 N–H and O–H groups in total. The average molecular weight is 760 g/mol. The van der Waals surface area contributed by atoms with Crippen LogP contribution in [0.3, 0.4) is 0 Å². The van der Waals surface area contributed by atoms with Crippen LogP contribution in [-0.2, 0) is 16.0 Å². The number of carbonyl (C=O) groups excluding carboxylic acids is 2. The molecule has 1 unspecified atom stereocenters. The second kappa shape index (κ2) is 23.2. The Morgan fingerprint density at radius 3 is 2.15 bits per heavy atom. The van der Waals surface area contributed by atoms with Gasteiger partial charge in [-0.1, -0.05) is 113 Å². The van der Waals surface area contributed by atoms with E-state index in [1.807, 2.05) is 43.3 Å². The molecule has 290 valence electrons. The van der Waals surface area contributed by atoms with E-state index in [1.54, 1.807) is 16.7 Å². The predicted molar refractivity (Wildman–Crippen MR) is 216 cm³/mol. The van der Waals surface area contributed by atoms with Crippen molar-refractivity contribution in [3.63, 3.8) is 0 Å². The Kier molecular flexibility index (Phi) is 18.8. The van der Waals surface area contributed by atoms with Crippen molar-refractivity contribution < 1.29 is 19.1 Å². The topological polar surface area (TPSA) is 65.6 Å². The number of hydrogen-bond acceptors (Lipinski definition) is 6. The highest BCUT2D eigenvalue weighted by Gasteiger charge is 2.31. The molecule has 52 heavy (non-hydrogen) atoms. The summed E-state index contributed by atoms with van der Waals surface area (Å²) in [7, 11) is 0. The molecule has 1 fully saturated rings. The van der Waals surface area contributed by atoms with Crippen LogP contribution in [0.2, 0.25) is 10.0 Å². The highest BCUT2D eigenvalue weighted by atomic mass is 35.5. The van der Waals surface area contributed by atoms with Crippen LogP contribution in [0.15, 0.2) is 36.4 Å². The van der Waals surface area contributed by atoms with Gasteiger partial charge in [0.15, 0.2) is 6.23 Å². The summed E-state index contributed by atoms with van der Waals surface area (Å²) in [5.74, 6) is 0.692. The van der Waals surface area contributed by atoms with Crippen molar-refractivity contribution in [2.75, 3.05) is 62.2 Å². The van der Waals surface area contributed by atoms with Crippen LogP contribution in [0, 0.1) is 0 Å². The van der Waals surface area contributed by atoms with E-state index in [1.165, 1.54) is 64.2 Å². The third-order valence-electron chi connectivity index (χ3n) is 10.5. The second-order valence-electron chi connectivity index (χ2n) is 14.5. The molecule has 0 aliphatic carbocycles. The van der Waals surface area contributed by atoms with Crippen molar-refractivity contribution in [3.8, 4) is 5.75 Å². The summed E-state index contributed by atoms with van der Waals surface area (Å²) in [6.07, 6.45) is 17.4. The summed E-state index contributed by atoms with van der Waals surface area (Å²) in [5.41, 5.74) is 2.85. The van der Waals surface area contributed by atoms with E-state index in [0.29, 0.717) is 42.6 Å². The highest BCUT2D eigenvalue weighted by molar-refractivity contribution is 6.43. The fraction of sp³-hybridized carbons (Fsp3) is 0.667. The van der Waals surface area contributed by atoms with Crippen molar-refractivity contribution in [2.45, 2.75) is 130 Å². The quantitative estimate of drug-likeness (QED) is 0.105. The molecular formula is C42H64Cl2N4O4. The Labute approximate surface area is 324 Å². The maximum Gasteiger partial charge on any atom is 0.411 e. The van der Waals surface area contributed by atoms with Crippen LogP contribution in [0.4, 0.5) is 16.2 Å². The molecule has 10 heteroatoms. The number of unbranched alkanes of at least 4 members (excludes halogenated alkanes) is 12. The SMILES string of the molecule is CCCCCCCCCCCCCCN(CC)C(=O)OC(C)N1C(=O)CCc2ccc(OCCCCN3CCN(c4cccc(Cl)c4Cl)CC3)cc21. The van der Waals surface area contributed by atoms with Gasteiger partial charge >= 0.3 is 6.09 Å². The van der Waals surface area contributed by atoms with Crippen LogP contribution in [-0.4, -0.2) is 80.4 Å². The van der Waals surface area contributed by atoms with Gasteiger partial charge in [0.1, 0.15) is 5.75 Å². The lowest BCUT2D eigenvalue weighted by atomic mass is 10.0.